The first-order valence-corrected chi connectivity index (χ1v) is 11.9. The summed E-state index contributed by atoms with van der Waals surface area (Å²) in [5, 5.41) is 0.815. The summed E-state index contributed by atoms with van der Waals surface area (Å²) in [6.45, 7) is 6.88. The molecule has 3 aromatic rings. The highest BCUT2D eigenvalue weighted by Crippen LogP contribution is 2.29. The number of likely N-dealkylation sites (tertiary alicyclic amines) is 1. The zero-order valence-corrected chi connectivity index (χ0v) is 19.2. The number of carbonyl (C=O) groups excluding carboxylic acids is 1. The lowest BCUT2D eigenvalue weighted by Crippen LogP contribution is -2.46. The van der Waals surface area contributed by atoms with E-state index >= 15 is 0 Å². The number of benzene rings is 2. The standard InChI is InChI=1S/C25H29N3O2S/c1-4-19-12-9-10-16-27(19)23(29)18(3)31-25-26-21-14-7-6-13-20(21)24(30)28(25)22-15-8-5-11-17(22)2/h5-8,11,13-15,18-19H,4,9-10,12,16H2,1-3H3. The molecule has 0 N–H and O–H groups in total. The molecule has 1 aliphatic rings. The Kier molecular flexibility index (Phi) is 6.46. The molecule has 1 amide bonds. The smallest absolute Gasteiger partial charge is 0.266 e. The van der Waals surface area contributed by atoms with Crippen molar-refractivity contribution in [3.63, 3.8) is 0 Å². The van der Waals surface area contributed by atoms with E-state index in [0.29, 0.717) is 22.1 Å². The number of carbonyl (C=O) groups is 1. The first kappa shape index (κ1) is 21.6. The predicted molar refractivity (Wildman–Crippen MR) is 127 cm³/mol. The summed E-state index contributed by atoms with van der Waals surface area (Å²) in [4.78, 5) is 33.6. The van der Waals surface area contributed by atoms with E-state index in [1.165, 1.54) is 18.2 Å². The molecule has 0 saturated carbocycles. The minimum absolute atomic E-state index is 0.105. The number of piperidine rings is 1. The van der Waals surface area contributed by atoms with E-state index < -0.39 is 0 Å². The number of aromatic nitrogens is 2. The van der Waals surface area contributed by atoms with Gasteiger partial charge in [0, 0.05) is 12.6 Å². The third kappa shape index (κ3) is 4.26. The number of thioether (sulfide) groups is 1. The fourth-order valence-electron chi connectivity index (χ4n) is 4.38. The van der Waals surface area contributed by atoms with Crippen LogP contribution in [0.25, 0.3) is 16.6 Å². The Morgan fingerprint density at radius 2 is 1.90 bits per heavy atom. The molecule has 1 saturated heterocycles. The van der Waals surface area contributed by atoms with Crippen LogP contribution in [0.3, 0.4) is 0 Å². The highest BCUT2D eigenvalue weighted by molar-refractivity contribution is 8.00. The molecule has 0 radical (unpaired) electrons. The average molecular weight is 436 g/mol. The molecule has 1 aliphatic heterocycles. The summed E-state index contributed by atoms with van der Waals surface area (Å²) in [6.07, 6.45) is 4.29. The number of aryl methyl sites for hydroxylation is 1. The van der Waals surface area contributed by atoms with E-state index in [-0.39, 0.29) is 16.7 Å². The Hall–Kier alpha value is -2.60. The molecule has 1 fully saturated rings. The molecular formula is C25H29N3O2S. The van der Waals surface area contributed by atoms with Crippen molar-refractivity contribution in [3.8, 4) is 5.69 Å². The van der Waals surface area contributed by atoms with Crippen molar-refractivity contribution in [2.24, 2.45) is 0 Å². The molecule has 0 aliphatic carbocycles. The lowest BCUT2D eigenvalue weighted by Gasteiger charge is -2.36. The lowest BCUT2D eigenvalue weighted by atomic mass is 10.00. The van der Waals surface area contributed by atoms with E-state index in [0.717, 1.165) is 37.1 Å². The van der Waals surface area contributed by atoms with Crippen LogP contribution >= 0.6 is 11.8 Å². The summed E-state index contributed by atoms with van der Waals surface area (Å²) in [5.74, 6) is 0.135. The molecule has 6 heteroatoms. The zero-order chi connectivity index (χ0) is 22.0. The Bertz CT molecular complexity index is 1160. The molecule has 0 bridgehead atoms. The van der Waals surface area contributed by atoms with E-state index in [4.69, 9.17) is 4.98 Å². The quantitative estimate of drug-likeness (QED) is 0.420. The number of amides is 1. The molecule has 2 atom stereocenters. The van der Waals surface area contributed by atoms with Gasteiger partial charge in [0.05, 0.1) is 21.8 Å². The van der Waals surface area contributed by atoms with Crippen molar-refractivity contribution >= 4 is 28.6 Å². The second-order valence-electron chi connectivity index (χ2n) is 8.19. The summed E-state index contributed by atoms with van der Waals surface area (Å²) >= 11 is 1.38. The van der Waals surface area contributed by atoms with Crippen LogP contribution in [0.15, 0.2) is 58.5 Å². The molecule has 31 heavy (non-hydrogen) atoms. The second-order valence-corrected chi connectivity index (χ2v) is 9.50. The van der Waals surface area contributed by atoms with Crippen LogP contribution in [0.5, 0.6) is 0 Å². The van der Waals surface area contributed by atoms with Crippen LogP contribution in [0.1, 0.15) is 45.1 Å². The van der Waals surface area contributed by atoms with Crippen LogP contribution in [-0.4, -0.2) is 38.2 Å². The van der Waals surface area contributed by atoms with Crippen LogP contribution < -0.4 is 5.56 Å². The summed E-state index contributed by atoms with van der Waals surface area (Å²) in [7, 11) is 0. The van der Waals surface area contributed by atoms with Crippen molar-refractivity contribution in [2.45, 2.75) is 62.9 Å². The Morgan fingerprint density at radius 1 is 1.16 bits per heavy atom. The van der Waals surface area contributed by atoms with Gasteiger partial charge in [-0.05, 0) is 63.3 Å². The fourth-order valence-corrected chi connectivity index (χ4v) is 5.37. The van der Waals surface area contributed by atoms with Crippen molar-refractivity contribution in [3.05, 3.63) is 64.4 Å². The predicted octanol–water partition coefficient (Wildman–Crippen LogP) is 4.97. The second kappa shape index (κ2) is 9.27. The van der Waals surface area contributed by atoms with Gasteiger partial charge in [-0.15, -0.1) is 0 Å². The Labute approximate surface area is 187 Å². The van der Waals surface area contributed by atoms with Gasteiger partial charge in [0.15, 0.2) is 5.16 Å². The largest absolute Gasteiger partial charge is 0.339 e. The zero-order valence-electron chi connectivity index (χ0n) is 18.4. The molecule has 2 unspecified atom stereocenters. The van der Waals surface area contributed by atoms with E-state index in [9.17, 15) is 9.59 Å². The molecule has 0 spiro atoms. The average Bonchev–Trinajstić information content (AvgIpc) is 2.79. The third-order valence-electron chi connectivity index (χ3n) is 6.11. The number of hydrogen-bond acceptors (Lipinski definition) is 4. The SMILES string of the molecule is CCC1CCCCN1C(=O)C(C)Sc1nc2ccccc2c(=O)n1-c1ccccc1C. The highest BCUT2D eigenvalue weighted by Gasteiger charge is 2.30. The maximum Gasteiger partial charge on any atom is 0.266 e. The maximum atomic E-state index is 13.5. The third-order valence-corrected chi connectivity index (χ3v) is 7.15. The molecule has 2 aromatic carbocycles. The highest BCUT2D eigenvalue weighted by atomic mass is 32.2. The number of fused-ring (bicyclic) bond motifs is 1. The fraction of sp³-hybridized carbons (Fsp3) is 0.400. The normalized spacial score (nSPS) is 17.6. The van der Waals surface area contributed by atoms with Crippen molar-refractivity contribution < 1.29 is 4.79 Å². The van der Waals surface area contributed by atoms with Gasteiger partial charge >= 0.3 is 0 Å². The maximum absolute atomic E-state index is 13.5. The van der Waals surface area contributed by atoms with Crippen molar-refractivity contribution in [1.82, 2.24) is 14.5 Å². The van der Waals surface area contributed by atoms with E-state index in [1.54, 1.807) is 4.57 Å². The van der Waals surface area contributed by atoms with E-state index in [1.807, 2.05) is 67.3 Å². The van der Waals surface area contributed by atoms with Gasteiger partial charge < -0.3 is 4.90 Å². The summed E-state index contributed by atoms with van der Waals surface area (Å²) < 4.78 is 1.67. The van der Waals surface area contributed by atoms with Crippen LogP contribution in [0.4, 0.5) is 0 Å². The van der Waals surface area contributed by atoms with Crippen LogP contribution in [0.2, 0.25) is 0 Å². The first-order valence-electron chi connectivity index (χ1n) is 11.1. The monoisotopic (exact) mass is 435 g/mol. The van der Waals surface area contributed by atoms with Crippen molar-refractivity contribution in [2.75, 3.05) is 6.54 Å². The molecule has 2 heterocycles. The van der Waals surface area contributed by atoms with Gasteiger partial charge in [-0.2, -0.15) is 0 Å². The van der Waals surface area contributed by atoms with E-state index in [2.05, 4.69) is 6.92 Å². The number of rotatable bonds is 5. The minimum atomic E-state index is -0.324. The van der Waals surface area contributed by atoms with Gasteiger partial charge in [0.25, 0.3) is 5.56 Å². The first-order chi connectivity index (χ1) is 15.0. The summed E-state index contributed by atoms with van der Waals surface area (Å²) in [6, 6.07) is 15.5. The number of hydrogen-bond donors (Lipinski definition) is 0. The summed E-state index contributed by atoms with van der Waals surface area (Å²) in [5.41, 5.74) is 2.34. The molecule has 4 rings (SSSR count). The van der Waals surface area contributed by atoms with Gasteiger partial charge in [-0.1, -0.05) is 49.0 Å². The molecular weight excluding hydrogens is 406 g/mol. The van der Waals surface area contributed by atoms with Gasteiger partial charge in [0.2, 0.25) is 5.91 Å². The topological polar surface area (TPSA) is 55.2 Å². The molecule has 162 valence electrons. The lowest BCUT2D eigenvalue weighted by molar-refractivity contribution is -0.134. The van der Waals surface area contributed by atoms with Gasteiger partial charge in [0.1, 0.15) is 0 Å². The van der Waals surface area contributed by atoms with Crippen molar-refractivity contribution in [1.29, 1.82) is 0 Å². The minimum Gasteiger partial charge on any atom is -0.339 e. The van der Waals surface area contributed by atoms with Crippen LogP contribution in [0, 0.1) is 6.92 Å². The van der Waals surface area contributed by atoms with Gasteiger partial charge in [-0.3, -0.25) is 14.2 Å². The van der Waals surface area contributed by atoms with Gasteiger partial charge in [-0.25, -0.2) is 4.98 Å². The molecule has 1 aromatic heterocycles. The Morgan fingerprint density at radius 3 is 2.68 bits per heavy atom. The molecule has 5 nitrogen and oxygen atoms in total. The Balaban J connectivity index is 1.76. The number of para-hydroxylation sites is 2. The van der Waals surface area contributed by atoms with Crippen LogP contribution in [-0.2, 0) is 4.79 Å². The number of nitrogens with zero attached hydrogens (tertiary/aromatic N) is 3.